The first kappa shape index (κ1) is 12.3. The van der Waals surface area contributed by atoms with E-state index in [1.807, 2.05) is 0 Å². The number of carbonyl (C=O) groups excluding carboxylic acids is 1. The summed E-state index contributed by atoms with van der Waals surface area (Å²) in [5.41, 5.74) is 7.48. The number of rotatable bonds is 6. The van der Waals surface area contributed by atoms with Gasteiger partial charge in [-0.1, -0.05) is 0 Å². The molecule has 2 heterocycles. The zero-order valence-electron chi connectivity index (χ0n) is 9.89. The maximum Gasteiger partial charge on any atom is 0.237 e. The van der Waals surface area contributed by atoms with Gasteiger partial charge in [-0.2, -0.15) is 0 Å². The molecule has 0 saturated carbocycles. The Hall–Kier alpha value is -2.15. The van der Waals surface area contributed by atoms with Gasteiger partial charge in [-0.15, -0.1) is 0 Å². The van der Waals surface area contributed by atoms with Gasteiger partial charge in [-0.3, -0.25) is 4.79 Å². The Morgan fingerprint density at radius 2 is 1.94 bits per heavy atom. The van der Waals surface area contributed by atoms with Crippen molar-refractivity contribution in [3.8, 4) is 0 Å². The van der Waals surface area contributed by atoms with E-state index in [-0.39, 0.29) is 5.91 Å². The molecule has 0 aliphatic carbocycles. The third-order valence-electron chi connectivity index (χ3n) is 2.56. The lowest BCUT2D eigenvalue weighted by Crippen LogP contribution is -2.42. The highest BCUT2D eigenvalue weighted by molar-refractivity contribution is 5.81. The molecule has 7 nitrogen and oxygen atoms in total. The SMILES string of the molecule is N[C@@H](Cc1c[nH]cn1)C(=O)NCCc1c[nH]cn1. The van der Waals surface area contributed by atoms with Gasteiger partial charge in [0.15, 0.2) is 0 Å². The number of hydrogen-bond donors (Lipinski definition) is 4. The Balaban J connectivity index is 1.70. The Kier molecular flexibility index (Phi) is 4.08. The van der Waals surface area contributed by atoms with Crippen LogP contribution in [0.4, 0.5) is 0 Å². The van der Waals surface area contributed by atoms with E-state index in [0.29, 0.717) is 19.4 Å². The van der Waals surface area contributed by atoms with Gasteiger partial charge in [-0.25, -0.2) is 9.97 Å². The summed E-state index contributed by atoms with van der Waals surface area (Å²) < 4.78 is 0. The second-order valence-corrected chi connectivity index (χ2v) is 3.97. The van der Waals surface area contributed by atoms with Gasteiger partial charge >= 0.3 is 0 Å². The number of nitrogens with one attached hydrogen (secondary N) is 3. The molecular weight excluding hydrogens is 232 g/mol. The normalized spacial score (nSPS) is 12.3. The van der Waals surface area contributed by atoms with E-state index in [4.69, 9.17) is 5.73 Å². The van der Waals surface area contributed by atoms with E-state index in [1.54, 1.807) is 25.0 Å². The van der Waals surface area contributed by atoms with Gasteiger partial charge in [0.2, 0.25) is 5.91 Å². The first-order chi connectivity index (χ1) is 8.75. The van der Waals surface area contributed by atoms with Crippen LogP contribution in [0, 0.1) is 0 Å². The third kappa shape index (κ3) is 3.42. The van der Waals surface area contributed by atoms with Crippen LogP contribution in [0.25, 0.3) is 0 Å². The van der Waals surface area contributed by atoms with Crippen LogP contribution in [0.15, 0.2) is 25.0 Å². The Morgan fingerprint density at radius 3 is 2.56 bits per heavy atom. The fraction of sp³-hybridized carbons (Fsp3) is 0.364. The molecule has 0 aliphatic rings. The molecule has 18 heavy (non-hydrogen) atoms. The molecule has 0 aromatic carbocycles. The van der Waals surface area contributed by atoms with Gasteiger partial charge < -0.3 is 21.0 Å². The van der Waals surface area contributed by atoms with Crippen LogP contribution >= 0.6 is 0 Å². The lowest BCUT2D eigenvalue weighted by atomic mass is 10.1. The molecule has 0 saturated heterocycles. The number of hydrogen-bond acceptors (Lipinski definition) is 4. The zero-order chi connectivity index (χ0) is 12.8. The highest BCUT2D eigenvalue weighted by Crippen LogP contribution is 1.96. The molecule has 0 spiro atoms. The van der Waals surface area contributed by atoms with Crippen molar-refractivity contribution < 1.29 is 4.79 Å². The van der Waals surface area contributed by atoms with Gasteiger partial charge in [0.25, 0.3) is 0 Å². The number of nitrogens with two attached hydrogens (primary N) is 1. The summed E-state index contributed by atoms with van der Waals surface area (Å²) >= 11 is 0. The number of imidazole rings is 2. The molecule has 0 unspecified atom stereocenters. The quantitative estimate of drug-likeness (QED) is 0.544. The van der Waals surface area contributed by atoms with Crippen molar-refractivity contribution in [1.29, 1.82) is 0 Å². The van der Waals surface area contributed by atoms with Crippen molar-refractivity contribution in [2.75, 3.05) is 6.54 Å². The van der Waals surface area contributed by atoms with E-state index in [2.05, 4.69) is 25.3 Å². The van der Waals surface area contributed by atoms with Gasteiger partial charge in [-0.05, 0) is 0 Å². The highest BCUT2D eigenvalue weighted by Gasteiger charge is 2.14. The van der Waals surface area contributed by atoms with Crippen molar-refractivity contribution in [1.82, 2.24) is 25.3 Å². The number of carbonyl (C=O) groups is 1. The second kappa shape index (κ2) is 5.97. The van der Waals surface area contributed by atoms with Crippen LogP contribution in [-0.2, 0) is 17.6 Å². The molecule has 96 valence electrons. The van der Waals surface area contributed by atoms with E-state index < -0.39 is 6.04 Å². The average molecular weight is 248 g/mol. The Bertz CT molecular complexity index is 464. The van der Waals surface area contributed by atoms with Crippen LogP contribution in [-0.4, -0.2) is 38.4 Å². The Labute approximate surface area is 104 Å². The van der Waals surface area contributed by atoms with Gasteiger partial charge in [0, 0.05) is 31.8 Å². The minimum atomic E-state index is -0.576. The van der Waals surface area contributed by atoms with Gasteiger partial charge in [0.05, 0.1) is 30.1 Å². The van der Waals surface area contributed by atoms with E-state index in [0.717, 1.165) is 11.4 Å². The first-order valence-corrected chi connectivity index (χ1v) is 5.74. The van der Waals surface area contributed by atoms with Crippen molar-refractivity contribution in [3.05, 3.63) is 36.4 Å². The zero-order valence-corrected chi connectivity index (χ0v) is 9.89. The lowest BCUT2D eigenvalue weighted by molar-refractivity contribution is -0.122. The van der Waals surface area contributed by atoms with E-state index in [1.165, 1.54) is 0 Å². The van der Waals surface area contributed by atoms with E-state index in [9.17, 15) is 4.79 Å². The number of nitrogens with zero attached hydrogens (tertiary/aromatic N) is 2. The molecule has 2 aromatic rings. The second-order valence-electron chi connectivity index (χ2n) is 3.97. The molecule has 2 aromatic heterocycles. The Morgan fingerprint density at radius 1 is 1.28 bits per heavy atom. The molecule has 0 radical (unpaired) electrons. The largest absolute Gasteiger partial charge is 0.354 e. The maximum absolute atomic E-state index is 11.7. The fourth-order valence-corrected chi connectivity index (χ4v) is 1.59. The summed E-state index contributed by atoms with van der Waals surface area (Å²) in [7, 11) is 0. The molecule has 2 rings (SSSR count). The summed E-state index contributed by atoms with van der Waals surface area (Å²) in [4.78, 5) is 25.5. The monoisotopic (exact) mass is 248 g/mol. The number of H-pyrrole nitrogens is 2. The molecule has 1 atom stereocenters. The average Bonchev–Trinajstić information content (AvgIpc) is 3.01. The van der Waals surface area contributed by atoms with Crippen LogP contribution in [0.3, 0.4) is 0 Å². The summed E-state index contributed by atoms with van der Waals surface area (Å²) in [6, 6.07) is -0.576. The molecule has 0 fully saturated rings. The molecule has 0 bridgehead atoms. The van der Waals surface area contributed by atoms with Crippen LogP contribution in [0.5, 0.6) is 0 Å². The fourth-order valence-electron chi connectivity index (χ4n) is 1.59. The van der Waals surface area contributed by atoms with Crippen LogP contribution in [0.1, 0.15) is 11.4 Å². The molecule has 7 heteroatoms. The predicted octanol–water partition coefficient (Wildman–Crippen LogP) is -0.638. The van der Waals surface area contributed by atoms with Crippen molar-refractivity contribution >= 4 is 5.91 Å². The number of aromatic amines is 2. The first-order valence-electron chi connectivity index (χ1n) is 5.74. The number of amides is 1. The topological polar surface area (TPSA) is 112 Å². The standard InChI is InChI=1S/C11H16N6O/c12-10(3-9-5-14-7-17-9)11(18)15-2-1-8-4-13-6-16-8/h4-7,10H,1-3,12H2,(H,13,16)(H,14,17)(H,15,18)/t10-/m0/s1. The summed E-state index contributed by atoms with van der Waals surface area (Å²) in [6.07, 6.45) is 7.83. The minimum absolute atomic E-state index is 0.173. The molecule has 0 aliphatic heterocycles. The molecular formula is C11H16N6O. The van der Waals surface area contributed by atoms with Crippen LogP contribution in [0.2, 0.25) is 0 Å². The van der Waals surface area contributed by atoms with Crippen LogP contribution < -0.4 is 11.1 Å². The lowest BCUT2D eigenvalue weighted by Gasteiger charge is -2.10. The summed E-state index contributed by atoms with van der Waals surface area (Å²) in [5.74, 6) is -0.173. The smallest absolute Gasteiger partial charge is 0.237 e. The number of aromatic nitrogens is 4. The summed E-state index contributed by atoms with van der Waals surface area (Å²) in [6.45, 7) is 0.526. The van der Waals surface area contributed by atoms with E-state index >= 15 is 0 Å². The maximum atomic E-state index is 11.7. The highest BCUT2D eigenvalue weighted by atomic mass is 16.2. The minimum Gasteiger partial charge on any atom is -0.354 e. The van der Waals surface area contributed by atoms with Gasteiger partial charge in [0.1, 0.15) is 0 Å². The third-order valence-corrected chi connectivity index (χ3v) is 2.56. The summed E-state index contributed by atoms with van der Waals surface area (Å²) in [5, 5.41) is 2.78. The predicted molar refractivity (Wildman–Crippen MR) is 65.6 cm³/mol. The molecule has 5 N–H and O–H groups in total. The van der Waals surface area contributed by atoms with Crippen molar-refractivity contribution in [2.24, 2.45) is 5.73 Å². The van der Waals surface area contributed by atoms with Crippen molar-refractivity contribution in [3.63, 3.8) is 0 Å². The van der Waals surface area contributed by atoms with Crippen molar-refractivity contribution in [2.45, 2.75) is 18.9 Å². The molecule has 1 amide bonds.